The Balaban J connectivity index is 3.40. The molecule has 0 amide bonds. The fourth-order valence-electron chi connectivity index (χ4n) is 11.3. The number of hydrogen-bond acceptors (Lipinski definition) is 5. The predicted octanol–water partition coefficient (Wildman–Crippen LogP) is 25.8. The summed E-state index contributed by atoms with van der Waals surface area (Å²) in [5.41, 5.74) is 0. The molecule has 0 aliphatic heterocycles. The highest BCUT2D eigenvalue weighted by atomic mass is 16.6. The van der Waals surface area contributed by atoms with Crippen LogP contribution in [-0.4, -0.2) is 36.4 Å². The first-order valence-corrected chi connectivity index (χ1v) is 37.0. The molecule has 0 aromatic heterocycles. The molecular formula is C78H142O5. The minimum absolute atomic E-state index is 0.0604. The number of unbranched alkanes of at least 4 members (excludes halogenated alkanes) is 49. The van der Waals surface area contributed by atoms with E-state index in [0.717, 1.165) is 70.6 Å². The molecule has 0 saturated heterocycles. The van der Waals surface area contributed by atoms with Gasteiger partial charge < -0.3 is 14.6 Å². The standard InChI is InChI=1S/C78H142O5/c1-3-5-7-9-11-13-15-17-19-21-23-25-27-29-31-33-35-36-37-38-39-40-41-42-43-45-47-49-51-53-55-57-59-61-63-65-67-69-71-73-78(81)83-76(74-79)75-82-77(80)72-70-68-66-64-62-60-58-56-54-52-50-48-46-44-34-32-30-28-26-24-22-20-18-16-14-12-10-8-6-4-2/h5,7,11,13,17,19,23,25,29,31,35-36,76,79H,3-4,6,8-10,12,14-16,18,20-22,24,26-28,30,32-34,37-75H2,1-2H3/b7-5-,13-11-,19-17-,25-23-,31-29-,36-35-. The largest absolute Gasteiger partial charge is 0.462 e. The van der Waals surface area contributed by atoms with Crippen molar-refractivity contribution in [3.63, 3.8) is 0 Å². The molecule has 0 spiro atoms. The first-order valence-electron chi connectivity index (χ1n) is 37.0. The summed E-state index contributed by atoms with van der Waals surface area (Å²) in [6.45, 7) is 4.09. The number of aliphatic hydroxyl groups excluding tert-OH is 1. The van der Waals surface area contributed by atoms with E-state index in [0.29, 0.717) is 12.8 Å². The van der Waals surface area contributed by atoms with Gasteiger partial charge in [-0.25, -0.2) is 0 Å². The fraction of sp³-hybridized carbons (Fsp3) is 0.821. The molecule has 0 aliphatic carbocycles. The van der Waals surface area contributed by atoms with E-state index in [9.17, 15) is 14.7 Å². The number of aliphatic hydroxyl groups is 1. The Morgan fingerprint density at radius 3 is 0.783 bits per heavy atom. The van der Waals surface area contributed by atoms with Crippen molar-refractivity contribution in [1.82, 2.24) is 0 Å². The van der Waals surface area contributed by atoms with Crippen LogP contribution in [0, 0.1) is 0 Å². The molecule has 0 bridgehead atoms. The summed E-state index contributed by atoms with van der Waals surface area (Å²) in [7, 11) is 0. The van der Waals surface area contributed by atoms with Crippen LogP contribution in [-0.2, 0) is 19.1 Å². The molecule has 5 heteroatoms. The highest BCUT2D eigenvalue weighted by molar-refractivity contribution is 5.70. The summed E-state index contributed by atoms with van der Waals surface area (Å²) in [5, 5.41) is 9.71. The monoisotopic (exact) mass is 1160 g/mol. The van der Waals surface area contributed by atoms with Crippen molar-refractivity contribution in [2.75, 3.05) is 13.2 Å². The maximum absolute atomic E-state index is 12.4. The van der Waals surface area contributed by atoms with Crippen LogP contribution in [0.1, 0.15) is 393 Å². The van der Waals surface area contributed by atoms with E-state index in [1.807, 2.05) is 0 Å². The van der Waals surface area contributed by atoms with Crippen LogP contribution in [0.25, 0.3) is 0 Å². The topological polar surface area (TPSA) is 72.8 Å². The van der Waals surface area contributed by atoms with Gasteiger partial charge in [0.25, 0.3) is 0 Å². The van der Waals surface area contributed by atoms with Crippen LogP contribution in [0.15, 0.2) is 72.9 Å². The van der Waals surface area contributed by atoms with E-state index in [4.69, 9.17) is 9.47 Å². The van der Waals surface area contributed by atoms with Crippen LogP contribution in [0.5, 0.6) is 0 Å². The van der Waals surface area contributed by atoms with Crippen molar-refractivity contribution >= 4 is 11.9 Å². The number of allylic oxidation sites excluding steroid dienone is 12. The third kappa shape index (κ3) is 71.7. The molecule has 0 rings (SSSR count). The molecule has 0 aliphatic rings. The SMILES string of the molecule is CC/C=C\C/C=C\C/C=C\C/C=C\C/C=C\C/C=C\CCCCCCCCCCCCCCCCCCCCCCC(=O)OC(CO)COC(=O)CCCCCCCCCCCCCCCCCCCCCCCCCCCCCCCC. The number of carbonyl (C=O) groups is 2. The molecule has 0 fully saturated rings. The Morgan fingerprint density at radius 1 is 0.289 bits per heavy atom. The quantitative estimate of drug-likeness (QED) is 0.0373. The van der Waals surface area contributed by atoms with Gasteiger partial charge in [-0.15, -0.1) is 0 Å². The van der Waals surface area contributed by atoms with Gasteiger partial charge in [-0.05, 0) is 64.2 Å². The van der Waals surface area contributed by atoms with Gasteiger partial charge in [-0.2, -0.15) is 0 Å². The van der Waals surface area contributed by atoms with Crippen LogP contribution >= 0.6 is 0 Å². The second-order valence-electron chi connectivity index (χ2n) is 25.0. The van der Waals surface area contributed by atoms with E-state index in [1.54, 1.807) is 0 Å². The second-order valence-corrected chi connectivity index (χ2v) is 25.0. The van der Waals surface area contributed by atoms with Crippen molar-refractivity contribution in [3.8, 4) is 0 Å². The lowest BCUT2D eigenvalue weighted by molar-refractivity contribution is -0.161. The average molecular weight is 1160 g/mol. The zero-order chi connectivity index (χ0) is 59.8. The van der Waals surface area contributed by atoms with Gasteiger partial charge in [0.2, 0.25) is 0 Å². The summed E-state index contributed by atoms with van der Waals surface area (Å²) in [6.07, 6.45) is 102. The molecule has 1 unspecified atom stereocenters. The Morgan fingerprint density at radius 2 is 0.518 bits per heavy atom. The second kappa shape index (κ2) is 73.6. The summed E-state index contributed by atoms with van der Waals surface area (Å²) in [4.78, 5) is 24.7. The molecule has 0 saturated carbocycles. The summed E-state index contributed by atoms with van der Waals surface area (Å²) < 4.78 is 10.8. The normalized spacial score (nSPS) is 12.6. The summed E-state index contributed by atoms with van der Waals surface area (Å²) in [6, 6.07) is 0. The van der Waals surface area contributed by atoms with Crippen molar-refractivity contribution in [3.05, 3.63) is 72.9 Å². The first kappa shape index (κ1) is 80.3. The van der Waals surface area contributed by atoms with Crippen LogP contribution in [0.2, 0.25) is 0 Å². The minimum atomic E-state index is -0.772. The third-order valence-corrected chi connectivity index (χ3v) is 16.8. The zero-order valence-electron chi connectivity index (χ0n) is 55.7. The van der Waals surface area contributed by atoms with Gasteiger partial charge in [-0.3, -0.25) is 9.59 Å². The number of hydrogen-bond donors (Lipinski definition) is 1. The van der Waals surface area contributed by atoms with E-state index in [2.05, 4.69) is 86.8 Å². The van der Waals surface area contributed by atoms with Crippen molar-refractivity contribution in [2.24, 2.45) is 0 Å². The van der Waals surface area contributed by atoms with E-state index in [-0.39, 0.29) is 25.2 Å². The van der Waals surface area contributed by atoms with Crippen molar-refractivity contribution in [2.45, 2.75) is 399 Å². The summed E-state index contributed by atoms with van der Waals surface area (Å²) >= 11 is 0. The fourth-order valence-corrected chi connectivity index (χ4v) is 11.3. The van der Waals surface area contributed by atoms with Crippen LogP contribution in [0.4, 0.5) is 0 Å². The molecular weight excluding hydrogens is 1020 g/mol. The lowest BCUT2D eigenvalue weighted by atomic mass is 10.0. The smallest absolute Gasteiger partial charge is 0.306 e. The average Bonchev–Trinajstić information content (AvgIpc) is 3.49. The summed E-state index contributed by atoms with van der Waals surface area (Å²) in [5.74, 6) is -0.567. The Bertz CT molecular complexity index is 1450. The molecule has 484 valence electrons. The zero-order valence-corrected chi connectivity index (χ0v) is 55.7. The van der Waals surface area contributed by atoms with Gasteiger partial charge in [0.15, 0.2) is 6.10 Å². The van der Waals surface area contributed by atoms with Gasteiger partial charge in [0.05, 0.1) is 6.61 Å². The Hall–Kier alpha value is -2.66. The van der Waals surface area contributed by atoms with E-state index >= 15 is 0 Å². The molecule has 0 heterocycles. The highest BCUT2D eigenvalue weighted by Crippen LogP contribution is 2.19. The highest BCUT2D eigenvalue weighted by Gasteiger charge is 2.16. The molecule has 1 atom stereocenters. The molecule has 0 radical (unpaired) electrons. The lowest BCUT2D eigenvalue weighted by Gasteiger charge is -2.15. The molecule has 0 aromatic carbocycles. The van der Waals surface area contributed by atoms with Gasteiger partial charge in [0.1, 0.15) is 6.61 Å². The molecule has 83 heavy (non-hydrogen) atoms. The van der Waals surface area contributed by atoms with Crippen molar-refractivity contribution < 1.29 is 24.2 Å². The molecule has 5 nitrogen and oxygen atoms in total. The lowest BCUT2D eigenvalue weighted by Crippen LogP contribution is -2.28. The molecule has 1 N–H and O–H groups in total. The third-order valence-electron chi connectivity index (χ3n) is 16.8. The maximum atomic E-state index is 12.4. The van der Waals surface area contributed by atoms with Crippen LogP contribution in [0.3, 0.4) is 0 Å². The molecule has 0 aromatic rings. The predicted molar refractivity (Wildman–Crippen MR) is 367 cm³/mol. The number of rotatable bonds is 69. The number of ether oxygens (including phenoxy) is 2. The van der Waals surface area contributed by atoms with Gasteiger partial charge >= 0.3 is 11.9 Å². The van der Waals surface area contributed by atoms with Gasteiger partial charge in [-0.1, -0.05) is 389 Å². The van der Waals surface area contributed by atoms with E-state index < -0.39 is 6.10 Å². The van der Waals surface area contributed by atoms with E-state index in [1.165, 1.54) is 295 Å². The first-order chi connectivity index (χ1) is 41.1. The maximum Gasteiger partial charge on any atom is 0.306 e. The van der Waals surface area contributed by atoms with Crippen LogP contribution < -0.4 is 0 Å². The Kier molecular flexibility index (Phi) is 71.2. The number of carbonyl (C=O) groups excluding carboxylic acids is 2. The minimum Gasteiger partial charge on any atom is -0.462 e. The Labute approximate surface area is 518 Å². The van der Waals surface area contributed by atoms with Crippen molar-refractivity contribution in [1.29, 1.82) is 0 Å². The van der Waals surface area contributed by atoms with Gasteiger partial charge in [0, 0.05) is 12.8 Å². The number of esters is 2.